The van der Waals surface area contributed by atoms with Gasteiger partial charge < -0.3 is 4.90 Å². The summed E-state index contributed by atoms with van der Waals surface area (Å²) in [7, 11) is -0.616. The first-order valence-electron chi connectivity index (χ1n) is 8.04. The molecular formula is C18H24N2O3S2. The zero-order valence-corrected chi connectivity index (χ0v) is 16.9. The van der Waals surface area contributed by atoms with E-state index >= 15 is 0 Å². The lowest BCUT2D eigenvalue weighted by atomic mass is 10.1. The summed E-state index contributed by atoms with van der Waals surface area (Å²) in [6.45, 7) is 6.60. The fourth-order valence-electron chi connectivity index (χ4n) is 2.52. The molecule has 0 spiro atoms. The van der Waals surface area contributed by atoms with Gasteiger partial charge in [0.15, 0.2) is 0 Å². The van der Waals surface area contributed by atoms with E-state index in [0.29, 0.717) is 24.2 Å². The smallest absolute Gasteiger partial charge is 0.254 e. The number of benzene rings is 1. The van der Waals surface area contributed by atoms with Crippen molar-refractivity contribution >= 4 is 27.3 Å². The van der Waals surface area contributed by atoms with Crippen molar-refractivity contribution in [1.82, 2.24) is 9.21 Å². The summed E-state index contributed by atoms with van der Waals surface area (Å²) >= 11 is 1.60. The van der Waals surface area contributed by atoms with Gasteiger partial charge in [0.25, 0.3) is 5.91 Å². The third kappa shape index (κ3) is 4.11. The summed E-state index contributed by atoms with van der Waals surface area (Å²) in [4.78, 5) is 15.9. The molecule has 0 fully saturated rings. The van der Waals surface area contributed by atoms with E-state index in [1.54, 1.807) is 29.2 Å². The van der Waals surface area contributed by atoms with Gasteiger partial charge in [0.2, 0.25) is 10.0 Å². The van der Waals surface area contributed by atoms with Crippen LogP contribution < -0.4 is 0 Å². The first-order chi connectivity index (χ1) is 11.7. The average Bonchev–Trinajstić information content (AvgIpc) is 3.07. The van der Waals surface area contributed by atoms with Crippen molar-refractivity contribution in [2.24, 2.45) is 0 Å². The number of hydrogen-bond donors (Lipinski definition) is 0. The maximum absolute atomic E-state index is 12.9. The molecule has 0 saturated carbocycles. The van der Waals surface area contributed by atoms with E-state index in [2.05, 4.69) is 0 Å². The molecule has 0 radical (unpaired) electrons. The molecule has 0 N–H and O–H groups in total. The fraction of sp³-hybridized carbons (Fsp3) is 0.389. The lowest BCUT2D eigenvalue weighted by Gasteiger charge is -2.22. The van der Waals surface area contributed by atoms with Crippen LogP contribution in [0.1, 0.15) is 33.3 Å². The largest absolute Gasteiger partial charge is 0.334 e. The number of aryl methyl sites for hydroxylation is 1. The first kappa shape index (κ1) is 19.6. The second-order valence-electron chi connectivity index (χ2n) is 6.10. The molecule has 0 aliphatic rings. The highest BCUT2D eigenvalue weighted by Crippen LogP contribution is 2.24. The third-order valence-electron chi connectivity index (χ3n) is 4.22. The highest BCUT2D eigenvalue weighted by molar-refractivity contribution is 7.89. The third-order valence-corrected chi connectivity index (χ3v) is 7.02. The molecule has 1 aromatic carbocycles. The van der Waals surface area contributed by atoms with E-state index in [1.807, 2.05) is 31.4 Å². The van der Waals surface area contributed by atoms with Crippen LogP contribution >= 0.6 is 11.3 Å². The Bertz CT molecular complexity index is 857. The molecule has 0 aliphatic heterocycles. The Kier molecular flexibility index (Phi) is 6.03. The van der Waals surface area contributed by atoms with Crippen molar-refractivity contribution in [3.8, 4) is 0 Å². The summed E-state index contributed by atoms with van der Waals surface area (Å²) in [5.41, 5.74) is 1.87. The van der Waals surface area contributed by atoms with Crippen LogP contribution in [0.4, 0.5) is 0 Å². The molecular weight excluding hydrogens is 356 g/mol. The maximum atomic E-state index is 12.9. The Balaban J connectivity index is 2.44. The summed E-state index contributed by atoms with van der Waals surface area (Å²) in [5.74, 6) is -0.158. The Morgan fingerprint density at radius 3 is 2.40 bits per heavy atom. The molecule has 0 bridgehead atoms. The molecule has 136 valence electrons. The van der Waals surface area contributed by atoms with Gasteiger partial charge in [0.1, 0.15) is 0 Å². The monoisotopic (exact) mass is 380 g/mol. The van der Waals surface area contributed by atoms with Gasteiger partial charge in [-0.1, -0.05) is 6.07 Å². The topological polar surface area (TPSA) is 57.7 Å². The number of amides is 1. The number of nitrogens with zero attached hydrogens (tertiary/aromatic N) is 2. The lowest BCUT2D eigenvalue weighted by Crippen LogP contribution is -2.30. The Morgan fingerprint density at radius 2 is 1.88 bits per heavy atom. The molecule has 0 unspecified atom stereocenters. The second-order valence-corrected chi connectivity index (χ2v) is 9.25. The minimum absolute atomic E-state index is 0.158. The van der Waals surface area contributed by atoms with Crippen molar-refractivity contribution in [3.63, 3.8) is 0 Å². The van der Waals surface area contributed by atoms with Gasteiger partial charge in [0.05, 0.1) is 11.4 Å². The fourth-order valence-corrected chi connectivity index (χ4v) is 4.45. The molecule has 7 heteroatoms. The van der Waals surface area contributed by atoms with Crippen molar-refractivity contribution in [1.29, 1.82) is 0 Å². The van der Waals surface area contributed by atoms with Crippen LogP contribution in [0.15, 0.2) is 34.5 Å². The van der Waals surface area contributed by atoms with Crippen molar-refractivity contribution in [3.05, 3.63) is 51.2 Å². The van der Waals surface area contributed by atoms with Gasteiger partial charge in [-0.05, 0) is 55.5 Å². The number of carbonyl (C=O) groups is 1. The van der Waals surface area contributed by atoms with Gasteiger partial charge >= 0.3 is 0 Å². The van der Waals surface area contributed by atoms with E-state index in [4.69, 9.17) is 0 Å². The van der Waals surface area contributed by atoms with Crippen LogP contribution in [-0.4, -0.2) is 44.2 Å². The van der Waals surface area contributed by atoms with E-state index in [1.165, 1.54) is 24.5 Å². The summed E-state index contributed by atoms with van der Waals surface area (Å²) in [6, 6.07) is 7.21. The molecule has 0 saturated heterocycles. The van der Waals surface area contributed by atoms with Crippen molar-refractivity contribution < 1.29 is 13.2 Å². The molecule has 0 atom stereocenters. The van der Waals surface area contributed by atoms with Gasteiger partial charge in [0, 0.05) is 31.1 Å². The predicted molar refractivity (Wildman–Crippen MR) is 102 cm³/mol. The van der Waals surface area contributed by atoms with Crippen LogP contribution in [-0.2, 0) is 16.6 Å². The number of sulfonamides is 1. The SMILES string of the molecule is CCN(Cc1cccs1)C(=O)c1cc(C)c(C)c(S(=O)(=O)N(C)C)c1. The second kappa shape index (κ2) is 7.68. The summed E-state index contributed by atoms with van der Waals surface area (Å²) < 4.78 is 26.3. The maximum Gasteiger partial charge on any atom is 0.254 e. The average molecular weight is 381 g/mol. The summed E-state index contributed by atoms with van der Waals surface area (Å²) in [6.07, 6.45) is 0. The van der Waals surface area contributed by atoms with Crippen molar-refractivity contribution in [2.75, 3.05) is 20.6 Å². The summed E-state index contributed by atoms with van der Waals surface area (Å²) in [5, 5.41) is 1.98. The van der Waals surface area contributed by atoms with Crippen LogP contribution in [0.5, 0.6) is 0 Å². The molecule has 2 aromatic rings. The zero-order chi connectivity index (χ0) is 18.8. The molecule has 25 heavy (non-hydrogen) atoms. The molecule has 1 amide bonds. The molecule has 1 aromatic heterocycles. The molecule has 1 heterocycles. The molecule has 0 aliphatic carbocycles. The number of rotatable bonds is 6. The minimum Gasteiger partial charge on any atom is -0.334 e. The molecule has 5 nitrogen and oxygen atoms in total. The van der Waals surface area contributed by atoms with Gasteiger partial charge in [-0.15, -0.1) is 11.3 Å². The van der Waals surface area contributed by atoms with Crippen LogP contribution in [0.3, 0.4) is 0 Å². The standard InChI is InChI=1S/C18H24N2O3S2/c1-6-20(12-16-8-7-9-24-16)18(21)15-10-13(2)14(3)17(11-15)25(22,23)19(4)5/h7-11H,6,12H2,1-5H3. The lowest BCUT2D eigenvalue weighted by molar-refractivity contribution is 0.0754. The van der Waals surface area contributed by atoms with Gasteiger partial charge in [-0.2, -0.15) is 0 Å². The number of thiophene rings is 1. The van der Waals surface area contributed by atoms with Crippen LogP contribution in [0.2, 0.25) is 0 Å². The van der Waals surface area contributed by atoms with Gasteiger partial charge in [-0.3, -0.25) is 4.79 Å². The van der Waals surface area contributed by atoms with Crippen molar-refractivity contribution in [2.45, 2.75) is 32.2 Å². The minimum atomic E-state index is -3.60. The Morgan fingerprint density at radius 1 is 1.20 bits per heavy atom. The number of carbonyl (C=O) groups excluding carboxylic acids is 1. The van der Waals surface area contributed by atoms with E-state index in [0.717, 1.165) is 10.4 Å². The van der Waals surface area contributed by atoms with E-state index in [9.17, 15) is 13.2 Å². The Labute approximate surface area is 153 Å². The van der Waals surface area contributed by atoms with Crippen LogP contribution in [0.25, 0.3) is 0 Å². The normalized spacial score (nSPS) is 11.8. The van der Waals surface area contributed by atoms with E-state index in [-0.39, 0.29) is 10.8 Å². The Hall–Kier alpha value is -1.70. The molecule has 2 rings (SSSR count). The van der Waals surface area contributed by atoms with Crippen LogP contribution in [0, 0.1) is 13.8 Å². The quantitative estimate of drug-likeness (QED) is 0.773. The zero-order valence-electron chi connectivity index (χ0n) is 15.2. The van der Waals surface area contributed by atoms with Gasteiger partial charge in [-0.25, -0.2) is 12.7 Å². The highest BCUT2D eigenvalue weighted by Gasteiger charge is 2.24. The highest BCUT2D eigenvalue weighted by atomic mass is 32.2. The number of hydrogen-bond acceptors (Lipinski definition) is 4. The van der Waals surface area contributed by atoms with E-state index < -0.39 is 10.0 Å². The first-order valence-corrected chi connectivity index (χ1v) is 10.4. The predicted octanol–water partition coefficient (Wildman–Crippen LogP) is 3.28.